The van der Waals surface area contributed by atoms with Crippen molar-refractivity contribution in [2.75, 3.05) is 0 Å². The summed E-state index contributed by atoms with van der Waals surface area (Å²) in [5.41, 5.74) is 0. The molecule has 0 aromatic heterocycles. The van der Waals surface area contributed by atoms with Gasteiger partial charge in [-0.05, 0) is 36.4 Å². The summed E-state index contributed by atoms with van der Waals surface area (Å²) in [6, 6.07) is 13.0. The minimum atomic E-state index is -5.36. The zero-order valence-corrected chi connectivity index (χ0v) is 33.6. The van der Waals surface area contributed by atoms with Crippen LogP contribution in [-0.2, 0) is 44.0 Å². The molecule has 0 bridgehead atoms. The van der Waals surface area contributed by atoms with Gasteiger partial charge in [0.1, 0.15) is 55.4 Å². The van der Waals surface area contributed by atoms with Gasteiger partial charge in [0.05, 0.1) is 0 Å². The summed E-state index contributed by atoms with van der Waals surface area (Å²) in [4.78, 5) is 59.2. The molecule has 47 heavy (non-hydrogen) atoms. The second-order valence-corrected chi connectivity index (χ2v) is 14.8. The Labute approximate surface area is 333 Å². The first-order valence-corrected chi connectivity index (χ1v) is 19.1. The van der Waals surface area contributed by atoms with Crippen LogP contribution in [0.2, 0.25) is 0 Å². The maximum atomic E-state index is 10.7. The second-order valence-electron chi connectivity index (χ2n) is 7.38. The molecule has 0 saturated heterocycles. The molecule has 254 valence electrons. The van der Waals surface area contributed by atoms with Crippen LogP contribution in [0.25, 0.3) is 0 Å². The molecular formula is C18H15Ce2O21P3S3. The number of hydrogen-bond donors (Lipinski definition) is 3. The molecule has 29 heteroatoms. The van der Waals surface area contributed by atoms with E-state index in [1.165, 1.54) is 36.4 Å². The predicted molar refractivity (Wildman–Crippen MR) is 133 cm³/mol. The maximum absolute atomic E-state index is 10.7. The van der Waals surface area contributed by atoms with Crippen LogP contribution in [0.4, 0.5) is 0 Å². The second kappa shape index (κ2) is 19.6. The van der Waals surface area contributed by atoms with Gasteiger partial charge in [0.15, 0.2) is 0 Å². The van der Waals surface area contributed by atoms with Gasteiger partial charge in [-0.3, -0.25) is 13.7 Å². The monoisotopic (exact) mass is 1040 g/mol. The molecule has 3 aromatic rings. The quantitative estimate of drug-likeness (QED) is 0.146. The summed E-state index contributed by atoms with van der Waals surface area (Å²) in [7, 11) is -30.0. The van der Waals surface area contributed by atoms with E-state index in [1.54, 1.807) is 0 Å². The van der Waals surface area contributed by atoms with Crippen LogP contribution < -0.4 is 42.9 Å². The molecule has 0 fully saturated rings. The fraction of sp³-hybridized carbons (Fsp3) is 0. The van der Waals surface area contributed by atoms with Gasteiger partial charge in [-0.25, -0.2) is 0 Å². The van der Waals surface area contributed by atoms with Gasteiger partial charge in [0.25, 0.3) is 30.4 Å². The van der Waals surface area contributed by atoms with Crippen molar-refractivity contribution in [3.63, 3.8) is 0 Å². The maximum Gasteiger partial charge on any atom is 3.00 e. The Balaban J connectivity index is 0. The normalized spacial score (nSPS) is 11.9. The van der Waals surface area contributed by atoms with Crippen molar-refractivity contribution in [1.82, 2.24) is 0 Å². The molecule has 0 aliphatic rings. The third kappa shape index (κ3) is 20.4. The smallest absolute Gasteiger partial charge is 0.780 e. The summed E-state index contributed by atoms with van der Waals surface area (Å²) in [5.74, 6) is -2.19. The molecule has 2 radical (unpaired) electrons. The van der Waals surface area contributed by atoms with E-state index in [-0.39, 0.29) is 83.5 Å². The van der Waals surface area contributed by atoms with E-state index >= 15 is 0 Å². The first-order chi connectivity index (χ1) is 20.1. The van der Waals surface area contributed by atoms with Gasteiger partial charge in [0.2, 0.25) is 0 Å². The molecule has 0 aliphatic carbocycles. The molecule has 3 rings (SSSR count). The zero-order chi connectivity index (χ0) is 35.1. The number of hydrogen-bond acceptors (Lipinski definition) is 18. The Morgan fingerprint density at radius 2 is 0.596 bits per heavy atom. The average molecular weight is 1040 g/mol. The Kier molecular flexibility index (Phi) is 20.4. The Morgan fingerprint density at radius 1 is 0.426 bits per heavy atom. The van der Waals surface area contributed by atoms with Crippen LogP contribution in [0, 0.1) is 83.5 Å². The van der Waals surface area contributed by atoms with Crippen molar-refractivity contribution in [2.45, 2.75) is 14.7 Å². The van der Waals surface area contributed by atoms with Gasteiger partial charge in [-0.1, -0.05) is 36.4 Å². The van der Waals surface area contributed by atoms with Crippen molar-refractivity contribution in [3.8, 4) is 17.2 Å². The van der Waals surface area contributed by atoms with E-state index in [9.17, 15) is 68.3 Å². The molecule has 0 spiro atoms. The molecule has 0 unspecified atom stereocenters. The van der Waals surface area contributed by atoms with Gasteiger partial charge >= 0.3 is 83.5 Å². The molecule has 0 amide bonds. The van der Waals surface area contributed by atoms with Gasteiger partial charge in [0, 0.05) is 0 Å². The average Bonchev–Trinajstić information content (AvgIpc) is 2.81. The number of phosphoric acid groups is 3. The van der Waals surface area contributed by atoms with E-state index in [0.29, 0.717) is 0 Å². The number of phosphoric ester groups is 3. The molecule has 3 N–H and O–H groups in total. The van der Waals surface area contributed by atoms with Crippen LogP contribution in [0.5, 0.6) is 17.2 Å². The van der Waals surface area contributed by atoms with Gasteiger partial charge < -0.3 is 56.6 Å². The molecule has 3 aromatic carbocycles. The van der Waals surface area contributed by atoms with Crippen molar-refractivity contribution in [3.05, 3.63) is 72.8 Å². The third-order valence-corrected chi connectivity index (χ3v) is 7.95. The molecular weight excluding hydrogens is 1020 g/mol. The zero-order valence-electron chi connectivity index (χ0n) is 22.2. The van der Waals surface area contributed by atoms with Gasteiger partial charge in [-0.15, -0.1) is 0 Å². The van der Waals surface area contributed by atoms with E-state index < -0.39 is 85.8 Å². The summed E-state index contributed by atoms with van der Waals surface area (Å²) < 4.78 is 133. The van der Waals surface area contributed by atoms with E-state index in [1.807, 2.05) is 0 Å². The predicted octanol–water partition coefficient (Wildman–Crippen LogP) is -2.58. The summed E-state index contributed by atoms with van der Waals surface area (Å²) >= 11 is 0. The summed E-state index contributed by atoms with van der Waals surface area (Å²) in [6.07, 6.45) is 0. The van der Waals surface area contributed by atoms with E-state index in [0.717, 1.165) is 36.4 Å². The fourth-order valence-electron chi connectivity index (χ4n) is 2.58. The molecule has 0 aliphatic heterocycles. The summed E-state index contributed by atoms with van der Waals surface area (Å²) in [5, 5.41) is 0. The first kappa shape index (κ1) is 49.1. The molecule has 21 nitrogen and oxygen atoms in total. The SMILES string of the molecule is O=P([O-])([O-])Oc1ccccc1S(=O)(=O)O.O=P([O-])([O-])Oc1ccccc1S(=O)(=O)O.O=P([O-])([O-])Oc1ccccc1S(=O)(=O)O.[Ce+3].[Ce+3]. The van der Waals surface area contributed by atoms with Gasteiger partial charge in [-0.2, -0.15) is 25.3 Å². The van der Waals surface area contributed by atoms with Crippen LogP contribution in [0.3, 0.4) is 0 Å². The molecule has 0 atom stereocenters. The molecule has 0 heterocycles. The van der Waals surface area contributed by atoms with Crippen LogP contribution in [-0.4, -0.2) is 38.9 Å². The summed E-state index contributed by atoms with van der Waals surface area (Å²) in [6.45, 7) is 0. The minimum Gasteiger partial charge on any atom is -0.780 e. The fourth-order valence-corrected chi connectivity index (χ4v) is 5.81. The number of rotatable bonds is 9. The molecule has 0 saturated carbocycles. The minimum absolute atomic E-state index is 0. The van der Waals surface area contributed by atoms with Crippen LogP contribution in [0.1, 0.15) is 0 Å². The Bertz CT molecular complexity index is 1740. The Hall–Kier alpha value is -0.00675. The standard InChI is InChI=1S/3C6H7O7PS.2Ce/c3*7-14(8,9)13-5-3-1-2-4-6(5)15(10,11)12;;/h3*1-4H,(H2,7,8,9)(H,10,11,12);;/q;;;2*+3/p-6. The van der Waals surface area contributed by atoms with E-state index in [2.05, 4.69) is 13.6 Å². The Morgan fingerprint density at radius 3 is 0.745 bits per heavy atom. The largest absolute Gasteiger partial charge is 3.00 e. The van der Waals surface area contributed by atoms with Crippen molar-refractivity contribution in [2.24, 2.45) is 0 Å². The van der Waals surface area contributed by atoms with E-state index in [4.69, 9.17) is 13.7 Å². The van der Waals surface area contributed by atoms with Crippen LogP contribution >= 0.6 is 23.5 Å². The van der Waals surface area contributed by atoms with Crippen LogP contribution in [0.15, 0.2) is 87.5 Å². The van der Waals surface area contributed by atoms with Crippen molar-refractivity contribution in [1.29, 1.82) is 0 Å². The number of benzene rings is 3. The number of para-hydroxylation sites is 3. The first-order valence-electron chi connectivity index (χ1n) is 10.4. The third-order valence-electron chi connectivity index (χ3n) is 4.01. The topological polar surface area (TPSA) is 380 Å². The van der Waals surface area contributed by atoms with Crippen molar-refractivity contribution < 1.29 is 179 Å². The van der Waals surface area contributed by atoms with Crippen molar-refractivity contribution >= 4 is 53.8 Å².